The van der Waals surface area contributed by atoms with Crippen molar-refractivity contribution < 1.29 is 9.13 Å². The Morgan fingerprint density at radius 1 is 1.27 bits per heavy atom. The van der Waals surface area contributed by atoms with Crippen LogP contribution in [-0.4, -0.2) is 12.8 Å². The lowest BCUT2D eigenvalue weighted by Gasteiger charge is -2.12. The second-order valence-electron chi connectivity index (χ2n) is 3.82. The second-order valence-corrected chi connectivity index (χ2v) is 3.82. The number of alkyl halides is 1. The van der Waals surface area contributed by atoms with Crippen molar-refractivity contribution in [2.24, 2.45) is 5.73 Å². The summed E-state index contributed by atoms with van der Waals surface area (Å²) in [4.78, 5) is 0. The van der Waals surface area contributed by atoms with E-state index in [2.05, 4.69) is 0 Å². The van der Waals surface area contributed by atoms with Gasteiger partial charge in [0.2, 0.25) is 0 Å². The minimum Gasteiger partial charge on any atom is -0.491 e. The Morgan fingerprint density at radius 3 is 2.33 bits per heavy atom. The maximum absolute atomic E-state index is 12.1. The average Bonchev–Trinajstić information content (AvgIpc) is 2.18. The number of hydrogen-bond acceptors (Lipinski definition) is 2. The zero-order valence-electron chi connectivity index (χ0n) is 9.24. The zero-order chi connectivity index (χ0) is 11.3. The molecule has 1 rings (SSSR count). The number of hydrogen-bond donors (Lipinski definition) is 1. The molecule has 2 nitrogen and oxygen atoms in total. The van der Waals surface area contributed by atoms with Crippen molar-refractivity contribution in [3.8, 4) is 5.75 Å². The first-order valence-electron chi connectivity index (χ1n) is 5.21. The van der Waals surface area contributed by atoms with Crippen molar-refractivity contribution in [2.75, 3.05) is 6.67 Å². The monoisotopic (exact) mass is 211 g/mol. The molecule has 0 fully saturated rings. The topological polar surface area (TPSA) is 35.2 Å². The molecule has 0 saturated heterocycles. The summed E-state index contributed by atoms with van der Waals surface area (Å²) in [6.07, 6.45) is 0.528. The number of ether oxygens (including phenoxy) is 1. The van der Waals surface area contributed by atoms with Crippen molar-refractivity contribution >= 4 is 0 Å². The van der Waals surface area contributed by atoms with Crippen LogP contribution in [0, 0.1) is 0 Å². The third-order valence-electron chi connectivity index (χ3n) is 2.10. The molecular formula is C12H18FNO. The Balaban J connectivity index is 2.63. The molecule has 0 spiro atoms. The van der Waals surface area contributed by atoms with Gasteiger partial charge in [-0.2, -0.15) is 0 Å². The van der Waals surface area contributed by atoms with Crippen LogP contribution in [0.2, 0.25) is 0 Å². The van der Waals surface area contributed by atoms with Gasteiger partial charge in [0.05, 0.1) is 12.8 Å². The maximum atomic E-state index is 12.1. The summed E-state index contributed by atoms with van der Waals surface area (Å²) < 4.78 is 17.6. The van der Waals surface area contributed by atoms with E-state index in [4.69, 9.17) is 10.5 Å². The molecule has 0 saturated carbocycles. The van der Waals surface area contributed by atoms with Gasteiger partial charge in [-0.25, -0.2) is 0 Å². The Labute approximate surface area is 90.2 Å². The fourth-order valence-corrected chi connectivity index (χ4v) is 1.35. The van der Waals surface area contributed by atoms with E-state index in [0.717, 1.165) is 11.3 Å². The number of benzene rings is 1. The highest BCUT2D eigenvalue weighted by molar-refractivity contribution is 5.29. The van der Waals surface area contributed by atoms with E-state index in [9.17, 15) is 4.39 Å². The quantitative estimate of drug-likeness (QED) is 0.812. The van der Waals surface area contributed by atoms with E-state index >= 15 is 0 Å². The lowest BCUT2D eigenvalue weighted by molar-refractivity contribution is 0.242. The van der Waals surface area contributed by atoms with Crippen LogP contribution in [0.4, 0.5) is 4.39 Å². The lowest BCUT2D eigenvalue weighted by Crippen LogP contribution is -2.11. The van der Waals surface area contributed by atoms with E-state index in [0.29, 0.717) is 6.42 Å². The Bertz CT molecular complexity index is 284. The fourth-order valence-electron chi connectivity index (χ4n) is 1.35. The van der Waals surface area contributed by atoms with Gasteiger partial charge in [-0.15, -0.1) is 0 Å². The predicted octanol–water partition coefficient (Wildman–Crippen LogP) is 2.83. The van der Waals surface area contributed by atoms with Crippen molar-refractivity contribution in [2.45, 2.75) is 32.4 Å². The van der Waals surface area contributed by atoms with Crippen molar-refractivity contribution in [1.82, 2.24) is 0 Å². The van der Waals surface area contributed by atoms with Gasteiger partial charge in [-0.1, -0.05) is 12.1 Å². The highest BCUT2D eigenvalue weighted by Gasteiger charge is 2.05. The first-order valence-corrected chi connectivity index (χ1v) is 5.21. The molecule has 0 aliphatic carbocycles. The molecule has 0 aliphatic rings. The molecule has 0 radical (unpaired) electrons. The van der Waals surface area contributed by atoms with Crippen LogP contribution in [0.1, 0.15) is 31.9 Å². The molecule has 0 bridgehead atoms. The molecule has 0 aromatic heterocycles. The summed E-state index contributed by atoms with van der Waals surface area (Å²) >= 11 is 0. The third-order valence-corrected chi connectivity index (χ3v) is 2.10. The van der Waals surface area contributed by atoms with Gasteiger partial charge in [0.15, 0.2) is 0 Å². The summed E-state index contributed by atoms with van der Waals surface area (Å²) in [5.41, 5.74) is 6.72. The molecule has 1 aromatic rings. The van der Waals surface area contributed by atoms with Gasteiger partial charge in [0, 0.05) is 6.04 Å². The summed E-state index contributed by atoms with van der Waals surface area (Å²) in [5.74, 6) is 0.821. The molecule has 0 amide bonds. The minimum absolute atomic E-state index is 0.162. The van der Waals surface area contributed by atoms with E-state index < -0.39 is 0 Å². The van der Waals surface area contributed by atoms with Gasteiger partial charge in [-0.05, 0) is 38.0 Å². The molecule has 1 aromatic carbocycles. The number of nitrogens with two attached hydrogens (primary N) is 1. The number of halogens is 1. The minimum atomic E-state index is -0.384. The van der Waals surface area contributed by atoms with Gasteiger partial charge in [0.1, 0.15) is 5.75 Å². The van der Waals surface area contributed by atoms with Gasteiger partial charge >= 0.3 is 0 Å². The van der Waals surface area contributed by atoms with Crippen LogP contribution < -0.4 is 10.5 Å². The molecular weight excluding hydrogens is 193 g/mol. The lowest BCUT2D eigenvalue weighted by atomic mass is 10.1. The van der Waals surface area contributed by atoms with Crippen molar-refractivity contribution in [3.63, 3.8) is 0 Å². The van der Waals surface area contributed by atoms with E-state index in [-0.39, 0.29) is 18.8 Å². The number of rotatable bonds is 5. The molecule has 0 heterocycles. The molecule has 0 unspecified atom stereocenters. The molecule has 1 atom stereocenters. The van der Waals surface area contributed by atoms with Crippen LogP contribution >= 0.6 is 0 Å². The average molecular weight is 211 g/mol. The molecule has 2 N–H and O–H groups in total. The molecule has 3 heteroatoms. The second kappa shape index (κ2) is 5.71. The van der Waals surface area contributed by atoms with Crippen LogP contribution in [0.15, 0.2) is 24.3 Å². The van der Waals surface area contributed by atoms with Gasteiger partial charge in [0.25, 0.3) is 0 Å². The van der Waals surface area contributed by atoms with Crippen LogP contribution in [0.5, 0.6) is 5.75 Å². The van der Waals surface area contributed by atoms with Crippen LogP contribution in [0.3, 0.4) is 0 Å². The van der Waals surface area contributed by atoms with Crippen LogP contribution in [0.25, 0.3) is 0 Å². The van der Waals surface area contributed by atoms with E-state index in [1.54, 1.807) is 0 Å². The first kappa shape index (κ1) is 12.0. The zero-order valence-corrected chi connectivity index (χ0v) is 9.24. The molecule has 0 aliphatic heterocycles. The van der Waals surface area contributed by atoms with Gasteiger partial charge in [-0.3, -0.25) is 4.39 Å². The van der Waals surface area contributed by atoms with E-state index in [1.165, 1.54) is 0 Å². The Morgan fingerprint density at radius 2 is 1.87 bits per heavy atom. The van der Waals surface area contributed by atoms with Crippen LogP contribution in [-0.2, 0) is 0 Å². The van der Waals surface area contributed by atoms with E-state index in [1.807, 2.05) is 38.1 Å². The van der Waals surface area contributed by atoms with Crippen molar-refractivity contribution in [1.29, 1.82) is 0 Å². The van der Waals surface area contributed by atoms with Gasteiger partial charge < -0.3 is 10.5 Å². The standard InChI is InChI=1S/C12H18FNO/c1-9(2)15-11-5-3-10(4-6-11)12(14)7-8-13/h3-6,9,12H,7-8,14H2,1-2H3/t12-/m1/s1. The predicted molar refractivity (Wildman–Crippen MR) is 59.7 cm³/mol. The summed E-state index contributed by atoms with van der Waals surface area (Å²) in [6, 6.07) is 7.29. The summed E-state index contributed by atoms with van der Waals surface area (Å²) in [7, 11) is 0. The smallest absolute Gasteiger partial charge is 0.119 e. The Kier molecular flexibility index (Phi) is 4.56. The van der Waals surface area contributed by atoms with Crippen molar-refractivity contribution in [3.05, 3.63) is 29.8 Å². The Hall–Kier alpha value is -1.09. The maximum Gasteiger partial charge on any atom is 0.119 e. The highest BCUT2D eigenvalue weighted by atomic mass is 19.1. The largest absolute Gasteiger partial charge is 0.491 e. The molecule has 15 heavy (non-hydrogen) atoms. The highest BCUT2D eigenvalue weighted by Crippen LogP contribution is 2.19. The fraction of sp³-hybridized carbons (Fsp3) is 0.500. The normalized spacial score (nSPS) is 12.9. The molecule has 84 valence electrons. The third kappa shape index (κ3) is 3.88. The first-order chi connectivity index (χ1) is 7.13. The summed E-state index contributed by atoms with van der Waals surface area (Å²) in [5, 5.41) is 0. The summed E-state index contributed by atoms with van der Waals surface area (Å²) in [6.45, 7) is 3.57. The SMILES string of the molecule is CC(C)Oc1ccc([C@H](N)CCF)cc1.